The molecule has 1 heterocycles. The molecule has 0 saturated carbocycles. The summed E-state index contributed by atoms with van der Waals surface area (Å²) in [5, 5.41) is 3.61. The van der Waals surface area contributed by atoms with Gasteiger partial charge >= 0.3 is 6.18 Å². The van der Waals surface area contributed by atoms with Crippen LogP contribution in [-0.2, 0) is 6.18 Å². The number of nitrogens with one attached hydrogen (secondary N) is 1. The molecule has 0 aliphatic heterocycles. The topological polar surface area (TPSA) is 37.8 Å². The Hall–Kier alpha value is -1.18. The third-order valence-corrected chi connectivity index (χ3v) is 4.09. The summed E-state index contributed by atoms with van der Waals surface area (Å²) < 4.78 is 38.7. The molecule has 2 rings (SSSR count). The van der Waals surface area contributed by atoms with Gasteiger partial charge in [0.25, 0.3) is 0 Å². The summed E-state index contributed by atoms with van der Waals surface area (Å²) in [6.07, 6.45) is -4.55. The Morgan fingerprint density at radius 3 is 2.50 bits per heavy atom. The minimum atomic E-state index is -4.55. The summed E-state index contributed by atoms with van der Waals surface area (Å²) >= 11 is 12.8. The quantitative estimate of drug-likeness (QED) is 0.735. The van der Waals surface area contributed by atoms with Crippen LogP contribution in [0.25, 0.3) is 0 Å². The van der Waals surface area contributed by atoms with Gasteiger partial charge in [-0.25, -0.2) is 9.97 Å². The Bertz CT molecular complexity index is 680. The lowest BCUT2D eigenvalue weighted by Crippen LogP contribution is -2.12. The lowest BCUT2D eigenvalue weighted by molar-refractivity contribution is -0.141. The smallest absolute Gasteiger partial charge is 0.354 e. The zero-order valence-electron chi connectivity index (χ0n) is 11.2. The average molecular weight is 368 g/mol. The Labute approximate surface area is 139 Å². The van der Waals surface area contributed by atoms with Gasteiger partial charge in [0.2, 0.25) is 5.95 Å². The minimum Gasteiger partial charge on any atom is -0.354 e. The standard InChI is InChI=1S/C13H10Cl2F3N3S/c1-2-19-12-20-10(13(16,17)18)6-11(21-12)22-9-4-3-7(14)5-8(9)15/h3-6H,2H2,1H3,(H,19,20,21). The van der Waals surface area contributed by atoms with E-state index >= 15 is 0 Å². The van der Waals surface area contributed by atoms with E-state index in [-0.39, 0.29) is 11.0 Å². The number of nitrogens with zero attached hydrogens (tertiary/aromatic N) is 2. The molecule has 1 aromatic heterocycles. The van der Waals surface area contributed by atoms with Crippen LogP contribution in [0, 0.1) is 0 Å². The number of alkyl halides is 3. The van der Waals surface area contributed by atoms with Crippen LogP contribution in [0.1, 0.15) is 12.6 Å². The van der Waals surface area contributed by atoms with E-state index < -0.39 is 11.9 Å². The summed E-state index contributed by atoms with van der Waals surface area (Å²) in [5.74, 6) is -0.0788. The maximum atomic E-state index is 12.9. The zero-order valence-corrected chi connectivity index (χ0v) is 13.5. The van der Waals surface area contributed by atoms with Crippen molar-refractivity contribution in [1.29, 1.82) is 0 Å². The van der Waals surface area contributed by atoms with E-state index in [1.807, 2.05) is 0 Å². The molecule has 1 N–H and O–H groups in total. The highest BCUT2D eigenvalue weighted by Gasteiger charge is 2.33. The van der Waals surface area contributed by atoms with E-state index in [1.165, 1.54) is 6.07 Å². The van der Waals surface area contributed by atoms with Gasteiger partial charge in [-0.05, 0) is 25.1 Å². The first-order valence-electron chi connectivity index (χ1n) is 6.12. The summed E-state index contributed by atoms with van der Waals surface area (Å²) in [4.78, 5) is 8.06. The largest absolute Gasteiger partial charge is 0.433 e. The highest BCUT2D eigenvalue weighted by Crippen LogP contribution is 2.36. The Morgan fingerprint density at radius 1 is 1.18 bits per heavy atom. The molecule has 1 aromatic carbocycles. The number of anilines is 1. The van der Waals surface area contributed by atoms with E-state index in [0.29, 0.717) is 21.5 Å². The normalized spacial score (nSPS) is 11.5. The molecular weight excluding hydrogens is 358 g/mol. The van der Waals surface area contributed by atoms with E-state index in [4.69, 9.17) is 23.2 Å². The highest BCUT2D eigenvalue weighted by molar-refractivity contribution is 7.99. The fourth-order valence-corrected chi connectivity index (χ4v) is 2.88. The lowest BCUT2D eigenvalue weighted by Gasteiger charge is -2.11. The van der Waals surface area contributed by atoms with Crippen molar-refractivity contribution in [1.82, 2.24) is 9.97 Å². The van der Waals surface area contributed by atoms with E-state index in [9.17, 15) is 13.2 Å². The summed E-state index contributed by atoms with van der Waals surface area (Å²) in [6, 6.07) is 5.63. The molecule has 0 fully saturated rings. The van der Waals surface area contributed by atoms with E-state index in [2.05, 4.69) is 15.3 Å². The molecule has 0 saturated heterocycles. The Morgan fingerprint density at radius 2 is 1.91 bits per heavy atom. The van der Waals surface area contributed by atoms with Gasteiger partial charge in [0, 0.05) is 22.5 Å². The predicted molar refractivity (Wildman–Crippen MR) is 81.8 cm³/mol. The van der Waals surface area contributed by atoms with Crippen LogP contribution in [0.5, 0.6) is 0 Å². The molecule has 118 valence electrons. The maximum Gasteiger partial charge on any atom is 0.433 e. The van der Waals surface area contributed by atoms with Gasteiger partial charge in [0.05, 0.1) is 5.02 Å². The molecule has 0 aliphatic carbocycles. The third-order valence-electron chi connectivity index (χ3n) is 2.44. The van der Waals surface area contributed by atoms with Gasteiger partial charge in [-0.15, -0.1) is 0 Å². The van der Waals surface area contributed by atoms with Crippen molar-refractivity contribution >= 4 is 40.9 Å². The van der Waals surface area contributed by atoms with Crippen LogP contribution in [-0.4, -0.2) is 16.5 Å². The summed E-state index contributed by atoms with van der Waals surface area (Å²) in [5.41, 5.74) is -1.01. The molecule has 2 aromatic rings. The fourth-order valence-electron chi connectivity index (χ4n) is 1.53. The van der Waals surface area contributed by atoms with Crippen LogP contribution >= 0.6 is 35.0 Å². The molecular formula is C13H10Cl2F3N3S. The van der Waals surface area contributed by atoms with Gasteiger partial charge in [0.15, 0.2) is 5.69 Å². The maximum absolute atomic E-state index is 12.9. The second-order valence-corrected chi connectivity index (χ2v) is 6.03. The zero-order chi connectivity index (χ0) is 16.3. The minimum absolute atomic E-state index is 0.0788. The van der Waals surface area contributed by atoms with Crippen LogP contribution in [0.3, 0.4) is 0 Å². The number of rotatable bonds is 4. The van der Waals surface area contributed by atoms with Crippen LogP contribution in [0.15, 0.2) is 34.2 Å². The number of hydrogen-bond donors (Lipinski definition) is 1. The second kappa shape index (κ2) is 6.93. The molecule has 0 amide bonds. The number of aromatic nitrogens is 2. The van der Waals surface area contributed by atoms with Crippen LogP contribution in [0.2, 0.25) is 10.0 Å². The van der Waals surface area contributed by atoms with Gasteiger partial charge < -0.3 is 5.32 Å². The van der Waals surface area contributed by atoms with Crippen molar-refractivity contribution in [3.05, 3.63) is 40.0 Å². The number of benzene rings is 1. The van der Waals surface area contributed by atoms with Crippen molar-refractivity contribution < 1.29 is 13.2 Å². The van der Waals surface area contributed by atoms with Gasteiger partial charge in [-0.3, -0.25) is 0 Å². The van der Waals surface area contributed by atoms with Crippen molar-refractivity contribution in [2.24, 2.45) is 0 Å². The van der Waals surface area contributed by atoms with Crippen molar-refractivity contribution in [3.8, 4) is 0 Å². The van der Waals surface area contributed by atoms with E-state index in [1.54, 1.807) is 19.1 Å². The Balaban J connectivity index is 2.39. The lowest BCUT2D eigenvalue weighted by atomic mass is 10.4. The van der Waals surface area contributed by atoms with E-state index in [0.717, 1.165) is 17.8 Å². The van der Waals surface area contributed by atoms with Gasteiger partial charge in [-0.1, -0.05) is 35.0 Å². The van der Waals surface area contributed by atoms with Crippen LogP contribution < -0.4 is 5.32 Å². The summed E-state index contributed by atoms with van der Waals surface area (Å²) in [7, 11) is 0. The number of halogens is 5. The summed E-state index contributed by atoms with van der Waals surface area (Å²) in [6.45, 7) is 2.15. The molecule has 3 nitrogen and oxygen atoms in total. The number of hydrogen-bond acceptors (Lipinski definition) is 4. The average Bonchev–Trinajstić information content (AvgIpc) is 2.41. The predicted octanol–water partition coefficient (Wildman–Crippen LogP) is 5.39. The molecule has 0 bridgehead atoms. The molecule has 0 spiro atoms. The highest BCUT2D eigenvalue weighted by atomic mass is 35.5. The first-order chi connectivity index (χ1) is 10.3. The fraction of sp³-hybridized carbons (Fsp3) is 0.231. The molecule has 0 aliphatic rings. The first kappa shape index (κ1) is 17.2. The third kappa shape index (κ3) is 4.41. The SMILES string of the molecule is CCNc1nc(Sc2ccc(Cl)cc2Cl)cc(C(F)(F)F)n1. The first-order valence-corrected chi connectivity index (χ1v) is 7.70. The molecule has 22 heavy (non-hydrogen) atoms. The molecule has 9 heteroatoms. The molecule has 0 unspecified atom stereocenters. The van der Waals surface area contributed by atoms with Crippen LogP contribution in [0.4, 0.5) is 19.1 Å². The second-order valence-electron chi connectivity index (χ2n) is 4.12. The van der Waals surface area contributed by atoms with Crippen molar-refractivity contribution in [2.75, 3.05) is 11.9 Å². The van der Waals surface area contributed by atoms with Gasteiger partial charge in [0.1, 0.15) is 5.03 Å². The van der Waals surface area contributed by atoms with Gasteiger partial charge in [-0.2, -0.15) is 13.2 Å². The monoisotopic (exact) mass is 367 g/mol. The molecule has 0 radical (unpaired) electrons. The Kier molecular flexibility index (Phi) is 5.41. The van der Waals surface area contributed by atoms with Crippen molar-refractivity contribution in [2.45, 2.75) is 23.0 Å². The van der Waals surface area contributed by atoms with Crippen molar-refractivity contribution in [3.63, 3.8) is 0 Å². The molecule has 0 atom stereocenters.